The van der Waals surface area contributed by atoms with E-state index in [-0.39, 0.29) is 0 Å². The molecule has 0 aliphatic rings. The maximum Gasteiger partial charge on any atom is 0.332 e. The van der Waals surface area contributed by atoms with Crippen molar-refractivity contribution in [3.8, 4) is 0 Å². The Hall–Kier alpha value is -0.650. The second kappa shape index (κ2) is 24.4. The fraction of sp³-hybridized carbons (Fsp3) is 0.952. The van der Waals surface area contributed by atoms with E-state index in [0.29, 0.717) is 0 Å². The smallest absolute Gasteiger partial charge is 0.332 e. The van der Waals surface area contributed by atoms with Crippen molar-refractivity contribution >= 4 is 5.97 Å². The maximum absolute atomic E-state index is 9.45. The lowest BCUT2D eigenvalue weighted by molar-refractivity contribution is -0.145. The SMILES string of the molecule is CC(O)C(=O)O.CCCCCCCCCCCCCCCCCCON. The second-order valence-electron chi connectivity index (χ2n) is 7.19. The summed E-state index contributed by atoms with van der Waals surface area (Å²) in [5.74, 6) is 3.80. The molecular formula is C21H45NO4. The quantitative estimate of drug-likeness (QED) is 0.214. The molecule has 4 N–H and O–H groups in total. The van der Waals surface area contributed by atoms with Gasteiger partial charge in [0.05, 0.1) is 6.61 Å². The first-order valence-electron chi connectivity index (χ1n) is 10.8. The Balaban J connectivity index is 0. The van der Waals surface area contributed by atoms with Crippen LogP contribution in [-0.2, 0) is 9.63 Å². The van der Waals surface area contributed by atoms with Gasteiger partial charge in [0.15, 0.2) is 0 Å². The highest BCUT2D eigenvalue weighted by Crippen LogP contribution is 2.13. The summed E-state index contributed by atoms with van der Waals surface area (Å²) in [7, 11) is 0. The molecule has 5 nitrogen and oxygen atoms in total. The topological polar surface area (TPSA) is 92.8 Å². The highest BCUT2D eigenvalue weighted by molar-refractivity contribution is 5.71. The molecule has 0 fully saturated rings. The largest absolute Gasteiger partial charge is 0.479 e. The predicted octanol–water partition coefficient (Wildman–Crippen LogP) is 5.59. The van der Waals surface area contributed by atoms with Crippen LogP contribution in [0.2, 0.25) is 0 Å². The van der Waals surface area contributed by atoms with Gasteiger partial charge in [0.25, 0.3) is 0 Å². The molecule has 0 aromatic carbocycles. The number of hydrogen-bond donors (Lipinski definition) is 3. The molecule has 0 saturated carbocycles. The summed E-state index contributed by atoms with van der Waals surface area (Å²) in [5.41, 5.74) is 0. The molecule has 5 heteroatoms. The molecule has 0 radical (unpaired) electrons. The second-order valence-corrected chi connectivity index (χ2v) is 7.19. The standard InChI is InChI=1S/C18H39NO.C3H6O3/c1-2-3-4-5-6-7-8-9-10-11-12-13-14-15-16-17-18-20-19;1-2(4)3(5)6/h2-19H2,1H3;2,4H,1H3,(H,5,6). The van der Waals surface area contributed by atoms with Gasteiger partial charge in [-0.05, 0) is 13.3 Å². The van der Waals surface area contributed by atoms with Crippen molar-refractivity contribution in [3.63, 3.8) is 0 Å². The van der Waals surface area contributed by atoms with Crippen LogP contribution in [0.25, 0.3) is 0 Å². The molecule has 26 heavy (non-hydrogen) atoms. The van der Waals surface area contributed by atoms with Gasteiger partial charge >= 0.3 is 5.97 Å². The lowest BCUT2D eigenvalue weighted by Crippen LogP contribution is -2.13. The van der Waals surface area contributed by atoms with Crippen LogP contribution < -0.4 is 5.90 Å². The third-order valence-electron chi connectivity index (χ3n) is 4.47. The van der Waals surface area contributed by atoms with Crippen LogP contribution in [0.4, 0.5) is 0 Å². The van der Waals surface area contributed by atoms with E-state index in [1.54, 1.807) is 0 Å². The van der Waals surface area contributed by atoms with Gasteiger partial charge in [-0.15, -0.1) is 0 Å². The Morgan fingerprint density at radius 3 is 1.27 bits per heavy atom. The molecule has 1 atom stereocenters. The first-order chi connectivity index (χ1) is 12.6. The third kappa shape index (κ3) is 28.2. The van der Waals surface area contributed by atoms with Crippen LogP contribution in [0.5, 0.6) is 0 Å². The van der Waals surface area contributed by atoms with Crippen molar-refractivity contribution in [2.75, 3.05) is 6.61 Å². The summed E-state index contributed by atoms with van der Waals surface area (Å²) in [5, 5.41) is 15.8. The Bertz CT molecular complexity index is 255. The van der Waals surface area contributed by atoms with Crippen LogP contribution in [0, 0.1) is 0 Å². The van der Waals surface area contributed by atoms with Gasteiger partial charge in [0, 0.05) is 0 Å². The van der Waals surface area contributed by atoms with Gasteiger partial charge in [-0.2, -0.15) is 0 Å². The molecule has 0 heterocycles. The van der Waals surface area contributed by atoms with Crippen LogP contribution in [-0.4, -0.2) is 28.9 Å². The monoisotopic (exact) mass is 375 g/mol. The van der Waals surface area contributed by atoms with E-state index in [0.717, 1.165) is 13.0 Å². The van der Waals surface area contributed by atoms with Crippen LogP contribution in [0.3, 0.4) is 0 Å². The number of aliphatic hydroxyl groups is 1. The number of aliphatic carboxylic acids is 1. The van der Waals surface area contributed by atoms with Crippen molar-refractivity contribution in [2.45, 2.75) is 123 Å². The highest BCUT2D eigenvalue weighted by Gasteiger charge is 2.01. The summed E-state index contributed by atoms with van der Waals surface area (Å²) in [6.45, 7) is 4.20. The van der Waals surface area contributed by atoms with E-state index >= 15 is 0 Å². The minimum Gasteiger partial charge on any atom is -0.479 e. The number of hydrogen-bond acceptors (Lipinski definition) is 4. The van der Waals surface area contributed by atoms with Crippen LogP contribution in [0.1, 0.15) is 117 Å². The number of rotatable bonds is 18. The molecule has 0 bridgehead atoms. The Morgan fingerprint density at radius 2 is 1.04 bits per heavy atom. The molecule has 0 aromatic heterocycles. The summed E-state index contributed by atoms with van der Waals surface area (Å²) in [6.07, 6.45) is 21.2. The summed E-state index contributed by atoms with van der Waals surface area (Å²) >= 11 is 0. The van der Waals surface area contributed by atoms with Gasteiger partial charge in [-0.25, -0.2) is 10.7 Å². The van der Waals surface area contributed by atoms with Crippen LogP contribution in [0.15, 0.2) is 0 Å². The van der Waals surface area contributed by atoms with Crippen molar-refractivity contribution in [1.29, 1.82) is 0 Å². The Morgan fingerprint density at radius 1 is 0.769 bits per heavy atom. The first kappa shape index (κ1) is 27.6. The molecular weight excluding hydrogens is 330 g/mol. The molecule has 0 aliphatic carbocycles. The molecule has 0 spiro atoms. The maximum atomic E-state index is 9.45. The lowest BCUT2D eigenvalue weighted by atomic mass is 10.0. The third-order valence-corrected chi connectivity index (χ3v) is 4.47. The Kier molecular flexibility index (Phi) is 25.8. The summed E-state index contributed by atoms with van der Waals surface area (Å²) in [4.78, 5) is 14.0. The number of unbranched alkanes of at least 4 members (excludes halogenated alkanes) is 15. The molecule has 0 amide bonds. The van der Waals surface area contributed by atoms with E-state index in [1.807, 2.05) is 0 Å². The van der Waals surface area contributed by atoms with Gasteiger partial charge < -0.3 is 15.1 Å². The Labute approximate surface area is 161 Å². The molecule has 0 aromatic rings. The van der Waals surface area contributed by atoms with Gasteiger partial charge in [0.1, 0.15) is 6.10 Å². The predicted molar refractivity (Wildman–Crippen MR) is 109 cm³/mol. The number of carbonyl (C=O) groups is 1. The van der Waals surface area contributed by atoms with E-state index in [1.165, 1.54) is 103 Å². The normalized spacial score (nSPS) is 11.7. The number of carboxylic acids is 1. The van der Waals surface area contributed by atoms with Crippen LogP contribution >= 0.6 is 0 Å². The van der Waals surface area contributed by atoms with Crippen molar-refractivity contribution < 1.29 is 19.8 Å². The fourth-order valence-electron chi connectivity index (χ4n) is 2.73. The van der Waals surface area contributed by atoms with Crippen molar-refractivity contribution in [2.24, 2.45) is 5.90 Å². The molecule has 1 unspecified atom stereocenters. The average Bonchev–Trinajstić information content (AvgIpc) is 2.62. The van der Waals surface area contributed by atoms with Gasteiger partial charge in [-0.3, -0.25) is 0 Å². The van der Waals surface area contributed by atoms with E-state index < -0.39 is 12.1 Å². The number of carboxylic acid groups (broad SMARTS) is 1. The molecule has 0 saturated heterocycles. The van der Waals surface area contributed by atoms with E-state index in [9.17, 15) is 4.79 Å². The average molecular weight is 376 g/mol. The number of aliphatic hydroxyl groups excluding tert-OH is 1. The van der Waals surface area contributed by atoms with Crippen molar-refractivity contribution in [3.05, 3.63) is 0 Å². The molecule has 158 valence electrons. The zero-order chi connectivity index (χ0) is 19.9. The summed E-state index contributed by atoms with van der Waals surface area (Å²) < 4.78 is 0. The zero-order valence-corrected chi connectivity index (χ0v) is 17.4. The minimum atomic E-state index is -1.23. The first-order valence-corrected chi connectivity index (χ1v) is 10.8. The number of nitrogens with two attached hydrogens (primary N) is 1. The zero-order valence-electron chi connectivity index (χ0n) is 17.4. The van der Waals surface area contributed by atoms with Gasteiger partial charge in [-0.1, -0.05) is 103 Å². The molecule has 0 aliphatic heterocycles. The minimum absolute atomic E-state index is 0.721. The highest BCUT2D eigenvalue weighted by atomic mass is 16.6. The summed E-state index contributed by atoms with van der Waals surface area (Å²) in [6, 6.07) is 0. The fourth-order valence-corrected chi connectivity index (χ4v) is 2.73. The van der Waals surface area contributed by atoms with E-state index in [2.05, 4.69) is 11.8 Å². The van der Waals surface area contributed by atoms with E-state index in [4.69, 9.17) is 16.1 Å². The van der Waals surface area contributed by atoms with Gasteiger partial charge in [0.2, 0.25) is 0 Å². The lowest BCUT2D eigenvalue weighted by Gasteiger charge is -2.03. The van der Waals surface area contributed by atoms with Crippen molar-refractivity contribution in [1.82, 2.24) is 0 Å². The molecule has 0 rings (SSSR count).